The Balaban J connectivity index is 4.68. The molecular formula is C11H22Br2O2S. The number of alkyl halides is 2. The topological polar surface area (TPSA) is 34.1 Å². The van der Waals surface area contributed by atoms with Crippen molar-refractivity contribution in [3.8, 4) is 0 Å². The van der Waals surface area contributed by atoms with Gasteiger partial charge in [0, 0.05) is 10.7 Å². The van der Waals surface area contributed by atoms with Crippen LogP contribution in [0.25, 0.3) is 0 Å². The number of halogens is 2. The molecule has 0 radical (unpaired) electrons. The lowest BCUT2D eigenvalue weighted by Crippen LogP contribution is -2.34. The molecule has 0 spiro atoms. The molecular weight excluding hydrogens is 356 g/mol. The van der Waals surface area contributed by atoms with E-state index in [0.29, 0.717) is 6.42 Å². The Morgan fingerprint density at radius 2 is 1.50 bits per heavy atom. The second-order valence-electron chi connectivity index (χ2n) is 5.30. The molecule has 0 aromatic rings. The van der Waals surface area contributed by atoms with Gasteiger partial charge < -0.3 is 0 Å². The van der Waals surface area contributed by atoms with Crippen molar-refractivity contribution in [3.63, 3.8) is 0 Å². The van der Waals surface area contributed by atoms with Crippen LogP contribution < -0.4 is 0 Å². The summed E-state index contributed by atoms with van der Waals surface area (Å²) < 4.78 is 23.4. The first kappa shape index (κ1) is 16.9. The molecule has 2 nitrogen and oxygen atoms in total. The molecule has 5 heteroatoms. The molecule has 0 heterocycles. The standard InChI is InChI=1S/C11H22Br2O2S/c1-5-11(8-12,9-13)6-7-16(14,15)10(2,3)4/h5-9H2,1-4H3. The van der Waals surface area contributed by atoms with E-state index in [0.717, 1.165) is 17.1 Å². The third-order valence-electron chi connectivity index (χ3n) is 3.15. The van der Waals surface area contributed by atoms with E-state index in [9.17, 15) is 8.42 Å². The van der Waals surface area contributed by atoms with Crippen LogP contribution >= 0.6 is 31.9 Å². The van der Waals surface area contributed by atoms with E-state index in [2.05, 4.69) is 38.8 Å². The molecule has 0 aromatic carbocycles. The van der Waals surface area contributed by atoms with Gasteiger partial charge >= 0.3 is 0 Å². The summed E-state index contributed by atoms with van der Waals surface area (Å²) in [6.07, 6.45) is 1.68. The van der Waals surface area contributed by atoms with Gasteiger partial charge in [0.1, 0.15) is 0 Å². The fraction of sp³-hybridized carbons (Fsp3) is 1.00. The highest BCUT2D eigenvalue weighted by Gasteiger charge is 2.33. The third kappa shape index (κ3) is 4.30. The monoisotopic (exact) mass is 376 g/mol. The molecule has 0 atom stereocenters. The van der Waals surface area contributed by atoms with Crippen LogP contribution in [0.5, 0.6) is 0 Å². The van der Waals surface area contributed by atoms with Gasteiger partial charge in [-0.1, -0.05) is 38.8 Å². The Hall–Kier alpha value is 0.910. The van der Waals surface area contributed by atoms with Crippen LogP contribution in [0, 0.1) is 5.41 Å². The molecule has 0 aromatic heterocycles. The summed E-state index contributed by atoms with van der Waals surface area (Å²) in [5, 5.41) is 1.67. The lowest BCUT2D eigenvalue weighted by molar-refractivity contribution is 0.361. The molecule has 0 rings (SSSR count). The Bertz CT molecular complexity index is 292. The minimum absolute atomic E-state index is 0.0539. The molecule has 0 bridgehead atoms. The van der Waals surface area contributed by atoms with Crippen molar-refractivity contribution in [2.45, 2.75) is 45.3 Å². The van der Waals surface area contributed by atoms with Crippen molar-refractivity contribution in [2.75, 3.05) is 16.4 Å². The first-order valence-corrected chi connectivity index (χ1v) is 9.38. The highest BCUT2D eigenvalue weighted by molar-refractivity contribution is 9.09. The number of hydrogen-bond acceptors (Lipinski definition) is 2. The Kier molecular flexibility index (Phi) is 6.54. The van der Waals surface area contributed by atoms with Crippen molar-refractivity contribution < 1.29 is 8.42 Å². The first-order chi connectivity index (χ1) is 7.14. The summed E-state index contributed by atoms with van der Waals surface area (Å²) in [5.74, 6) is 0.265. The number of hydrogen-bond donors (Lipinski definition) is 0. The maximum absolute atomic E-state index is 12.0. The quantitative estimate of drug-likeness (QED) is 0.660. The zero-order valence-corrected chi connectivity index (χ0v) is 14.5. The molecule has 0 aliphatic rings. The second kappa shape index (κ2) is 6.19. The fourth-order valence-electron chi connectivity index (χ4n) is 1.19. The average molecular weight is 378 g/mol. The van der Waals surface area contributed by atoms with Crippen molar-refractivity contribution in [1.82, 2.24) is 0 Å². The zero-order chi connectivity index (χ0) is 13.0. The van der Waals surface area contributed by atoms with E-state index in [-0.39, 0.29) is 11.2 Å². The normalized spacial score (nSPS) is 14.1. The SMILES string of the molecule is CCC(CBr)(CBr)CCS(=O)(=O)C(C)(C)C. The highest BCUT2D eigenvalue weighted by atomic mass is 79.9. The number of sulfone groups is 1. The van der Waals surface area contributed by atoms with Crippen LogP contribution in [0.15, 0.2) is 0 Å². The van der Waals surface area contributed by atoms with Gasteiger partial charge in [-0.25, -0.2) is 8.42 Å². The predicted octanol–water partition coefficient (Wildman–Crippen LogP) is 3.78. The van der Waals surface area contributed by atoms with E-state index in [1.54, 1.807) is 20.8 Å². The summed E-state index contributed by atoms with van der Waals surface area (Å²) in [7, 11) is -3.00. The second-order valence-corrected chi connectivity index (χ2v) is 9.29. The maximum atomic E-state index is 12.0. The molecule has 0 aliphatic carbocycles. The number of rotatable bonds is 6. The molecule has 98 valence electrons. The van der Waals surface area contributed by atoms with Crippen molar-refractivity contribution in [3.05, 3.63) is 0 Å². The predicted molar refractivity (Wildman–Crippen MR) is 78.5 cm³/mol. The van der Waals surface area contributed by atoms with Crippen molar-refractivity contribution in [1.29, 1.82) is 0 Å². The molecule has 0 aliphatic heterocycles. The minimum Gasteiger partial charge on any atom is -0.228 e. The van der Waals surface area contributed by atoms with Gasteiger partial charge in [-0.3, -0.25) is 0 Å². The van der Waals surface area contributed by atoms with Gasteiger partial charge in [0.05, 0.1) is 10.5 Å². The first-order valence-electron chi connectivity index (χ1n) is 5.48. The largest absolute Gasteiger partial charge is 0.228 e. The van der Waals surface area contributed by atoms with Gasteiger partial charge in [-0.2, -0.15) is 0 Å². The third-order valence-corrected chi connectivity index (χ3v) is 8.14. The lowest BCUT2D eigenvalue weighted by Gasteiger charge is -2.30. The minimum atomic E-state index is -3.00. The summed E-state index contributed by atoms with van der Waals surface area (Å²) in [5.41, 5.74) is 0.0539. The molecule has 0 amide bonds. The van der Waals surface area contributed by atoms with Crippen molar-refractivity contribution in [2.24, 2.45) is 5.41 Å². The molecule has 0 N–H and O–H groups in total. The summed E-state index contributed by atoms with van der Waals surface area (Å²) in [4.78, 5) is 0. The smallest absolute Gasteiger partial charge is 0.155 e. The average Bonchev–Trinajstić information content (AvgIpc) is 2.19. The van der Waals surface area contributed by atoms with Crippen LogP contribution in [0.3, 0.4) is 0 Å². The van der Waals surface area contributed by atoms with Gasteiger partial charge in [-0.15, -0.1) is 0 Å². The Morgan fingerprint density at radius 3 is 1.75 bits per heavy atom. The van der Waals surface area contributed by atoms with Gasteiger partial charge in [0.15, 0.2) is 9.84 Å². The van der Waals surface area contributed by atoms with Crippen LogP contribution in [0.4, 0.5) is 0 Å². The highest BCUT2D eigenvalue weighted by Crippen LogP contribution is 2.33. The summed E-state index contributed by atoms with van der Waals surface area (Å²) in [6, 6.07) is 0. The summed E-state index contributed by atoms with van der Waals surface area (Å²) in [6.45, 7) is 7.39. The molecule has 0 saturated heterocycles. The van der Waals surface area contributed by atoms with Crippen LogP contribution in [-0.2, 0) is 9.84 Å². The van der Waals surface area contributed by atoms with E-state index < -0.39 is 14.6 Å². The van der Waals surface area contributed by atoms with E-state index in [4.69, 9.17) is 0 Å². The molecule has 16 heavy (non-hydrogen) atoms. The van der Waals surface area contributed by atoms with Crippen molar-refractivity contribution >= 4 is 41.7 Å². The lowest BCUT2D eigenvalue weighted by atomic mass is 9.87. The fourth-order valence-corrected chi connectivity index (χ4v) is 4.79. The van der Waals surface area contributed by atoms with Gasteiger partial charge in [0.2, 0.25) is 0 Å². The van der Waals surface area contributed by atoms with E-state index >= 15 is 0 Å². The molecule has 0 fully saturated rings. The maximum Gasteiger partial charge on any atom is 0.155 e. The van der Waals surface area contributed by atoms with E-state index in [1.807, 2.05) is 0 Å². The van der Waals surface area contributed by atoms with Crippen LogP contribution in [-0.4, -0.2) is 29.6 Å². The zero-order valence-electron chi connectivity index (χ0n) is 10.5. The van der Waals surface area contributed by atoms with Crippen LogP contribution in [0.1, 0.15) is 40.5 Å². The Labute approximate surface area is 117 Å². The van der Waals surface area contributed by atoms with E-state index in [1.165, 1.54) is 0 Å². The summed E-state index contributed by atoms with van der Waals surface area (Å²) >= 11 is 6.97. The molecule has 0 unspecified atom stereocenters. The Morgan fingerprint density at radius 1 is 1.06 bits per heavy atom. The molecule has 0 saturated carbocycles. The van der Waals surface area contributed by atoms with Gasteiger partial charge in [-0.05, 0) is 39.0 Å². The van der Waals surface area contributed by atoms with Gasteiger partial charge in [0.25, 0.3) is 0 Å². The van der Waals surface area contributed by atoms with Crippen LogP contribution in [0.2, 0.25) is 0 Å².